The fraction of sp³-hybridized carbons (Fsp3) is 0.375. The largest absolute Gasteiger partial charge is 0.373 e. The number of amides is 3. The van der Waals surface area contributed by atoms with Crippen LogP contribution in [0.4, 0.5) is 20.4 Å². The summed E-state index contributed by atoms with van der Waals surface area (Å²) in [5.41, 5.74) is 5.79. The van der Waals surface area contributed by atoms with Crippen LogP contribution in [0.15, 0.2) is 110 Å². The topological polar surface area (TPSA) is 274 Å². The number of hydrogen-bond acceptors (Lipinski definition) is 16. The number of hydrogen-bond donors (Lipinski definition) is 4. The van der Waals surface area contributed by atoms with E-state index in [4.69, 9.17) is 15.3 Å². The van der Waals surface area contributed by atoms with E-state index in [2.05, 4.69) is 71.0 Å². The van der Waals surface area contributed by atoms with Crippen molar-refractivity contribution in [1.29, 1.82) is 0 Å². The van der Waals surface area contributed by atoms with E-state index < -0.39 is 53.8 Å². The van der Waals surface area contributed by atoms with E-state index in [1.165, 1.54) is 24.3 Å². The minimum Gasteiger partial charge on any atom is -0.352 e. The van der Waals surface area contributed by atoms with Crippen LogP contribution in [0.3, 0.4) is 0 Å². The molecule has 2 fully saturated rings. The molecule has 25 heteroatoms. The van der Waals surface area contributed by atoms with Gasteiger partial charge in [0, 0.05) is 36.3 Å². The number of halogens is 4. The molecule has 1 aromatic carbocycles. The molecule has 2 aliphatic heterocycles. The number of carbonyl (C=O) groups is 3. The number of nitrogens with one attached hydrogen (secondary N) is 3. The zero-order valence-corrected chi connectivity index (χ0v) is 45.0. The van der Waals surface area contributed by atoms with Gasteiger partial charge in [-0.05, 0) is 177 Å². The number of carbonyl (C=O) groups excluding carboxylic acids is 5. The van der Waals surface area contributed by atoms with Gasteiger partial charge in [0.15, 0.2) is 10.1 Å². The molecule has 0 radical (unpaired) electrons. The normalized spacial score (nSPS) is 16.7. The molecule has 7 rings (SSSR count). The molecule has 390 valence electrons. The Balaban J connectivity index is 0.000000263. The average molecular weight is 1180 g/mol. The fourth-order valence-corrected chi connectivity index (χ4v) is 11.2. The minimum absolute atomic E-state index is 0.0713. The molecule has 0 unspecified atom stereocenters. The summed E-state index contributed by atoms with van der Waals surface area (Å²) in [5, 5.41) is 1.78. The third-order valence-corrected chi connectivity index (χ3v) is 15.3. The predicted octanol–water partition coefficient (Wildman–Crippen LogP) is 6.57. The molecule has 2 saturated heterocycles. The third kappa shape index (κ3) is 15.7. The van der Waals surface area contributed by atoms with E-state index in [0.29, 0.717) is 58.5 Å². The highest BCUT2D eigenvalue weighted by molar-refractivity contribution is 9.10. The van der Waals surface area contributed by atoms with Crippen molar-refractivity contribution in [2.45, 2.75) is 87.3 Å². The molecule has 0 bridgehead atoms. The summed E-state index contributed by atoms with van der Waals surface area (Å²) < 4.78 is 82.3. The van der Waals surface area contributed by atoms with Crippen LogP contribution in [0.2, 0.25) is 0 Å². The van der Waals surface area contributed by atoms with Gasteiger partial charge in [-0.15, -0.1) is 0 Å². The van der Waals surface area contributed by atoms with Crippen molar-refractivity contribution in [3.05, 3.63) is 129 Å². The van der Waals surface area contributed by atoms with E-state index in [9.17, 15) is 40.0 Å². The summed E-state index contributed by atoms with van der Waals surface area (Å²) in [4.78, 5) is 74.4. The average Bonchev–Trinajstić information content (AvgIpc) is 3.82. The number of pyridine rings is 4. The first-order valence-corrected chi connectivity index (χ1v) is 27.3. The monoisotopic (exact) mass is 1170 g/mol. The SMILES string of the molecule is CC1(C)C[C@H](CCCN)CN1c1nc(Br)ccc1C(=O)NS(=O)(=O)c1cccc(F)n1.CC1(C)C[C@H](CCCNC(=O)c2ccccc2)CN1c1nc(Br)ccc1C(=O)NS(=O)(=O)c1cccc(F)n1.O=C=O. The van der Waals surface area contributed by atoms with Gasteiger partial charge in [0.1, 0.15) is 20.8 Å². The highest BCUT2D eigenvalue weighted by atomic mass is 79.9. The van der Waals surface area contributed by atoms with Gasteiger partial charge >= 0.3 is 6.15 Å². The summed E-state index contributed by atoms with van der Waals surface area (Å²) in [5.74, 6) is -2.41. The Morgan fingerprint density at radius 1 is 0.644 bits per heavy atom. The molecule has 0 aliphatic carbocycles. The van der Waals surface area contributed by atoms with Crippen LogP contribution >= 0.6 is 31.9 Å². The lowest BCUT2D eigenvalue weighted by molar-refractivity contribution is -0.191. The second-order valence-corrected chi connectivity index (χ2v) is 23.1. The van der Waals surface area contributed by atoms with E-state index in [0.717, 1.165) is 62.8 Å². The van der Waals surface area contributed by atoms with Gasteiger partial charge in [-0.2, -0.15) is 35.2 Å². The number of benzene rings is 1. The van der Waals surface area contributed by atoms with Crippen LogP contribution in [-0.2, 0) is 29.6 Å². The van der Waals surface area contributed by atoms with Gasteiger partial charge in [-0.3, -0.25) is 14.4 Å². The Labute approximate surface area is 438 Å². The van der Waals surface area contributed by atoms with Crippen molar-refractivity contribution in [1.82, 2.24) is 34.7 Å². The fourth-order valence-electron chi connectivity index (χ4n) is 8.75. The molecular formula is C48H54Br2F2N10O9S2. The zero-order chi connectivity index (χ0) is 53.7. The molecule has 19 nitrogen and oxygen atoms in total. The molecule has 0 saturated carbocycles. The van der Waals surface area contributed by atoms with Gasteiger partial charge in [0.25, 0.3) is 37.8 Å². The number of nitrogens with two attached hydrogens (primary N) is 1. The highest BCUT2D eigenvalue weighted by Gasteiger charge is 2.42. The van der Waals surface area contributed by atoms with Crippen LogP contribution in [0.1, 0.15) is 97.3 Å². The summed E-state index contributed by atoms with van der Waals surface area (Å²) in [6.07, 6.45) is 5.47. The lowest BCUT2D eigenvalue weighted by Crippen LogP contribution is -2.41. The Morgan fingerprint density at radius 3 is 1.48 bits per heavy atom. The number of sulfonamides is 2. The zero-order valence-electron chi connectivity index (χ0n) is 40.1. The van der Waals surface area contributed by atoms with Crippen molar-refractivity contribution >= 4 is 87.4 Å². The van der Waals surface area contributed by atoms with Crippen LogP contribution < -0.4 is 30.3 Å². The van der Waals surface area contributed by atoms with Gasteiger partial charge < -0.3 is 20.9 Å². The van der Waals surface area contributed by atoms with E-state index in [-0.39, 0.29) is 40.2 Å². The summed E-state index contributed by atoms with van der Waals surface area (Å²) >= 11 is 6.69. The lowest BCUT2D eigenvalue weighted by Gasteiger charge is -2.33. The molecular weight excluding hydrogens is 1120 g/mol. The first-order chi connectivity index (χ1) is 34.4. The molecule has 5 aromatic rings. The second kappa shape index (κ2) is 25.2. The third-order valence-electron chi connectivity index (χ3n) is 11.9. The maximum Gasteiger partial charge on any atom is 0.373 e. The van der Waals surface area contributed by atoms with Gasteiger partial charge in [0.05, 0.1) is 11.1 Å². The molecule has 5 N–H and O–H groups in total. The summed E-state index contributed by atoms with van der Waals surface area (Å²) in [6.45, 7) is 10.6. The van der Waals surface area contributed by atoms with E-state index in [1.54, 1.807) is 24.3 Å². The quantitative estimate of drug-likeness (QED) is 0.0601. The number of nitrogens with zero attached hydrogens (tertiary/aromatic N) is 6. The maximum absolute atomic E-state index is 13.5. The van der Waals surface area contributed by atoms with E-state index in [1.807, 2.05) is 51.3 Å². The number of aromatic nitrogens is 4. The Hall–Kier alpha value is -6.11. The molecule has 2 atom stereocenters. The first-order valence-electron chi connectivity index (χ1n) is 22.7. The Morgan fingerprint density at radius 2 is 1.07 bits per heavy atom. The number of rotatable bonds is 16. The molecule has 6 heterocycles. The summed E-state index contributed by atoms with van der Waals surface area (Å²) in [7, 11) is -8.76. The van der Waals surface area contributed by atoms with Crippen LogP contribution in [0.25, 0.3) is 0 Å². The van der Waals surface area contributed by atoms with Crippen LogP contribution in [-0.4, -0.2) is 97.9 Å². The minimum atomic E-state index is -4.41. The van der Waals surface area contributed by atoms with Crippen molar-refractivity contribution in [3.63, 3.8) is 0 Å². The van der Waals surface area contributed by atoms with Crippen LogP contribution in [0, 0.1) is 23.7 Å². The van der Waals surface area contributed by atoms with Crippen LogP contribution in [0.5, 0.6) is 0 Å². The van der Waals surface area contributed by atoms with Crippen molar-refractivity contribution in [2.24, 2.45) is 17.6 Å². The predicted molar refractivity (Wildman–Crippen MR) is 272 cm³/mol. The van der Waals surface area contributed by atoms with E-state index >= 15 is 0 Å². The van der Waals surface area contributed by atoms with Gasteiger partial charge in [-0.25, -0.2) is 29.4 Å². The molecule has 0 spiro atoms. The van der Waals surface area contributed by atoms with Crippen molar-refractivity contribution in [3.8, 4) is 0 Å². The first kappa shape index (κ1) is 57.8. The Kier molecular flexibility index (Phi) is 20.0. The van der Waals surface area contributed by atoms with Crippen molar-refractivity contribution < 1.29 is 49.6 Å². The standard InChI is InChI=1S/C27H29BrFN5O4S.C20H25BrFN5O3S.CO2/c1-27(2)16-18(8-7-15-30-25(35)19-9-4-3-5-10-19)17-34(27)24-20(13-14-21(28)31-24)26(36)33-39(37,38)23-12-6-11-22(29)32-23;1-20(2)11-13(5-4-10-23)12-27(20)18-14(8-9-15(21)24-18)19(28)26-31(29,30)17-7-3-6-16(22)25-17;2-1-3/h3-6,9-14,18H,7-8,15-17H2,1-2H3,(H,30,35)(H,33,36);3,6-9,13H,4-5,10-12,23H2,1-2H3,(H,26,28);/t18-;13-;/m00./s1. The molecule has 73 heavy (non-hydrogen) atoms. The summed E-state index contributed by atoms with van der Waals surface area (Å²) in [6, 6.07) is 21.9. The lowest BCUT2D eigenvalue weighted by atomic mass is 9.93. The van der Waals surface area contributed by atoms with Gasteiger partial charge in [0.2, 0.25) is 11.9 Å². The maximum atomic E-state index is 13.5. The number of anilines is 2. The molecule has 2 aliphatic rings. The second-order valence-electron chi connectivity index (χ2n) is 18.2. The Bertz CT molecular complexity index is 3040. The smallest absolute Gasteiger partial charge is 0.352 e. The molecule has 3 amide bonds. The van der Waals surface area contributed by atoms with Crippen molar-refractivity contribution in [2.75, 3.05) is 36.0 Å². The van der Waals surface area contributed by atoms with Gasteiger partial charge in [-0.1, -0.05) is 30.3 Å². The highest BCUT2D eigenvalue weighted by Crippen LogP contribution is 2.41. The molecule has 4 aromatic heterocycles.